The topological polar surface area (TPSA) is 96.9 Å². The van der Waals surface area contributed by atoms with Gasteiger partial charge in [0.15, 0.2) is 0 Å². The van der Waals surface area contributed by atoms with Gasteiger partial charge in [-0.1, -0.05) is 12.1 Å². The van der Waals surface area contributed by atoms with Crippen LogP contribution in [0.15, 0.2) is 24.3 Å². The molecule has 0 saturated heterocycles. The lowest BCUT2D eigenvalue weighted by atomic mass is 10.2. The summed E-state index contributed by atoms with van der Waals surface area (Å²) in [5.74, 6) is -0.213. The van der Waals surface area contributed by atoms with Crippen LogP contribution in [0.1, 0.15) is 17.3 Å². The number of aliphatic hydroxyl groups excluding tert-OH is 1. The summed E-state index contributed by atoms with van der Waals surface area (Å²) in [6.45, 7) is 2.85. The summed E-state index contributed by atoms with van der Waals surface area (Å²) in [7, 11) is 1.30. The molecule has 0 aromatic heterocycles. The van der Waals surface area contributed by atoms with E-state index in [9.17, 15) is 14.7 Å². The Hall–Kier alpha value is -2.12. The van der Waals surface area contributed by atoms with E-state index in [0.29, 0.717) is 30.9 Å². The van der Waals surface area contributed by atoms with Gasteiger partial charge in [0.05, 0.1) is 7.11 Å². The quantitative estimate of drug-likeness (QED) is 0.437. The maximum atomic E-state index is 11.6. The Labute approximate surface area is 129 Å². The minimum Gasteiger partial charge on any atom is -0.490 e. The van der Waals surface area contributed by atoms with Gasteiger partial charge < -0.3 is 25.2 Å². The first-order valence-electron chi connectivity index (χ1n) is 6.98. The van der Waals surface area contributed by atoms with Crippen LogP contribution in [-0.4, -0.2) is 56.4 Å². The summed E-state index contributed by atoms with van der Waals surface area (Å²) in [6.07, 6.45) is -0.733. The van der Waals surface area contributed by atoms with Crippen LogP contribution >= 0.6 is 0 Å². The van der Waals surface area contributed by atoms with E-state index in [4.69, 9.17) is 4.74 Å². The largest absolute Gasteiger partial charge is 0.490 e. The van der Waals surface area contributed by atoms with Crippen LogP contribution in [-0.2, 0) is 9.53 Å². The monoisotopic (exact) mass is 310 g/mol. The Bertz CT molecular complexity index is 493. The minimum atomic E-state index is -0.733. The number of nitrogens with one attached hydrogen (secondary N) is 2. The van der Waals surface area contributed by atoms with E-state index in [2.05, 4.69) is 15.4 Å². The SMILES string of the molecule is COC(=O)c1ccccc1OCC(O)CNCCNC(C)=O. The van der Waals surface area contributed by atoms with Crippen LogP contribution in [0.3, 0.4) is 0 Å². The molecule has 1 atom stereocenters. The molecule has 122 valence electrons. The van der Waals surface area contributed by atoms with E-state index >= 15 is 0 Å². The number of carbonyl (C=O) groups is 2. The van der Waals surface area contributed by atoms with Gasteiger partial charge in [-0.3, -0.25) is 4.79 Å². The summed E-state index contributed by atoms with van der Waals surface area (Å²) < 4.78 is 10.1. The molecule has 0 saturated carbocycles. The van der Waals surface area contributed by atoms with E-state index < -0.39 is 12.1 Å². The number of hydrogen-bond donors (Lipinski definition) is 3. The molecule has 0 fully saturated rings. The van der Waals surface area contributed by atoms with Crippen LogP contribution in [0, 0.1) is 0 Å². The molecule has 1 aromatic rings. The van der Waals surface area contributed by atoms with Gasteiger partial charge >= 0.3 is 5.97 Å². The highest BCUT2D eigenvalue weighted by atomic mass is 16.5. The van der Waals surface area contributed by atoms with E-state index in [1.165, 1.54) is 14.0 Å². The number of hydrogen-bond acceptors (Lipinski definition) is 6. The van der Waals surface area contributed by atoms with Gasteiger partial charge in [0, 0.05) is 26.6 Å². The molecule has 3 N–H and O–H groups in total. The fourth-order valence-corrected chi connectivity index (χ4v) is 1.71. The first kappa shape index (κ1) is 17.9. The first-order valence-corrected chi connectivity index (χ1v) is 6.98. The Balaban J connectivity index is 2.33. The van der Waals surface area contributed by atoms with Crippen LogP contribution < -0.4 is 15.4 Å². The van der Waals surface area contributed by atoms with Crippen molar-refractivity contribution in [2.45, 2.75) is 13.0 Å². The van der Waals surface area contributed by atoms with Crippen molar-refractivity contribution in [2.24, 2.45) is 0 Å². The Morgan fingerprint density at radius 1 is 1.27 bits per heavy atom. The van der Waals surface area contributed by atoms with Crippen molar-refractivity contribution < 1.29 is 24.2 Å². The molecule has 7 nitrogen and oxygen atoms in total. The summed E-state index contributed by atoms with van der Waals surface area (Å²) >= 11 is 0. The molecule has 7 heteroatoms. The number of ether oxygens (including phenoxy) is 2. The lowest BCUT2D eigenvalue weighted by Crippen LogP contribution is -2.36. The summed E-state index contributed by atoms with van der Waals surface area (Å²) in [5, 5.41) is 15.4. The van der Waals surface area contributed by atoms with Gasteiger partial charge in [-0.2, -0.15) is 0 Å². The van der Waals surface area contributed by atoms with Gasteiger partial charge in [0.1, 0.15) is 24.0 Å². The highest BCUT2D eigenvalue weighted by Gasteiger charge is 2.13. The molecule has 1 unspecified atom stereocenters. The molecular weight excluding hydrogens is 288 g/mol. The van der Waals surface area contributed by atoms with Crippen molar-refractivity contribution in [3.63, 3.8) is 0 Å². The molecule has 0 spiro atoms. The number of aliphatic hydroxyl groups is 1. The molecule has 0 aliphatic rings. The van der Waals surface area contributed by atoms with Gasteiger partial charge in [-0.25, -0.2) is 4.79 Å². The van der Waals surface area contributed by atoms with Crippen molar-refractivity contribution in [3.8, 4) is 5.75 Å². The molecule has 0 bridgehead atoms. The molecule has 1 rings (SSSR count). The van der Waals surface area contributed by atoms with Gasteiger partial charge in [0.25, 0.3) is 0 Å². The minimum absolute atomic E-state index is 0.0428. The smallest absolute Gasteiger partial charge is 0.341 e. The zero-order chi connectivity index (χ0) is 16.4. The van der Waals surface area contributed by atoms with Crippen molar-refractivity contribution in [1.82, 2.24) is 10.6 Å². The van der Waals surface area contributed by atoms with Gasteiger partial charge in [0.2, 0.25) is 5.91 Å². The van der Waals surface area contributed by atoms with Crippen molar-refractivity contribution in [3.05, 3.63) is 29.8 Å². The van der Waals surface area contributed by atoms with E-state index in [0.717, 1.165) is 0 Å². The lowest BCUT2D eigenvalue weighted by Gasteiger charge is -2.15. The zero-order valence-electron chi connectivity index (χ0n) is 12.8. The van der Waals surface area contributed by atoms with E-state index in [1.54, 1.807) is 24.3 Å². The maximum absolute atomic E-state index is 11.6. The third-order valence-corrected chi connectivity index (χ3v) is 2.78. The summed E-state index contributed by atoms with van der Waals surface area (Å²) in [4.78, 5) is 22.2. The molecule has 0 heterocycles. The van der Waals surface area contributed by atoms with Crippen molar-refractivity contribution in [1.29, 1.82) is 0 Å². The molecule has 1 amide bonds. The predicted octanol–water partition coefficient (Wildman–Crippen LogP) is -0.0614. The standard InChI is InChI=1S/C15H22N2O5/c1-11(18)17-8-7-16-9-12(19)10-22-14-6-4-3-5-13(14)15(20)21-2/h3-6,12,16,19H,7-10H2,1-2H3,(H,17,18). The molecule has 0 aliphatic carbocycles. The van der Waals surface area contributed by atoms with E-state index in [-0.39, 0.29) is 12.5 Å². The van der Waals surface area contributed by atoms with E-state index in [1.807, 2.05) is 0 Å². The van der Waals surface area contributed by atoms with Crippen LogP contribution in [0.4, 0.5) is 0 Å². The molecule has 22 heavy (non-hydrogen) atoms. The molecule has 0 aliphatic heterocycles. The van der Waals surface area contributed by atoms with Gasteiger partial charge in [-0.15, -0.1) is 0 Å². The Morgan fingerprint density at radius 3 is 2.68 bits per heavy atom. The van der Waals surface area contributed by atoms with Crippen LogP contribution in [0.5, 0.6) is 5.75 Å². The molecule has 0 radical (unpaired) electrons. The number of carbonyl (C=O) groups excluding carboxylic acids is 2. The average molecular weight is 310 g/mol. The van der Waals surface area contributed by atoms with Crippen LogP contribution in [0.2, 0.25) is 0 Å². The Morgan fingerprint density at radius 2 is 2.00 bits per heavy atom. The third-order valence-electron chi connectivity index (χ3n) is 2.78. The lowest BCUT2D eigenvalue weighted by molar-refractivity contribution is -0.118. The normalized spacial score (nSPS) is 11.6. The third kappa shape index (κ3) is 6.55. The predicted molar refractivity (Wildman–Crippen MR) is 80.8 cm³/mol. The highest BCUT2D eigenvalue weighted by molar-refractivity contribution is 5.92. The molecular formula is C15H22N2O5. The van der Waals surface area contributed by atoms with Crippen molar-refractivity contribution in [2.75, 3.05) is 33.4 Å². The zero-order valence-corrected chi connectivity index (χ0v) is 12.8. The number of methoxy groups -OCH3 is 1. The second-order valence-corrected chi connectivity index (χ2v) is 4.64. The maximum Gasteiger partial charge on any atom is 0.341 e. The van der Waals surface area contributed by atoms with Crippen LogP contribution in [0.25, 0.3) is 0 Å². The summed E-state index contributed by atoms with van der Waals surface area (Å²) in [6, 6.07) is 6.68. The van der Waals surface area contributed by atoms with Gasteiger partial charge in [-0.05, 0) is 12.1 Å². The highest BCUT2D eigenvalue weighted by Crippen LogP contribution is 2.18. The number of para-hydroxylation sites is 1. The number of benzene rings is 1. The number of esters is 1. The number of rotatable bonds is 9. The fourth-order valence-electron chi connectivity index (χ4n) is 1.71. The average Bonchev–Trinajstić information content (AvgIpc) is 2.51. The summed E-state index contributed by atoms with van der Waals surface area (Å²) in [5.41, 5.74) is 0.316. The fraction of sp³-hybridized carbons (Fsp3) is 0.467. The second kappa shape index (κ2) is 9.75. The Kier molecular flexibility index (Phi) is 7.95. The second-order valence-electron chi connectivity index (χ2n) is 4.64. The molecule has 1 aromatic carbocycles. The van der Waals surface area contributed by atoms with Crippen molar-refractivity contribution >= 4 is 11.9 Å². The number of amides is 1. The first-order chi connectivity index (χ1) is 10.5.